The Morgan fingerprint density at radius 1 is 1.48 bits per heavy atom. The van der Waals surface area contributed by atoms with Crippen molar-refractivity contribution in [1.29, 1.82) is 0 Å². The van der Waals surface area contributed by atoms with Gasteiger partial charge in [0.1, 0.15) is 10.1 Å². The second kappa shape index (κ2) is 6.69. The zero-order valence-electron chi connectivity index (χ0n) is 11.7. The molecule has 0 aliphatic carbocycles. The molecule has 1 aliphatic rings. The number of hydrogen-bond acceptors (Lipinski definition) is 3. The number of hydrogen-bond donors (Lipinski definition) is 1. The number of ether oxygens (including phenoxy) is 1. The fourth-order valence-electron chi connectivity index (χ4n) is 2.89. The van der Waals surface area contributed by atoms with Crippen molar-refractivity contribution in [2.75, 3.05) is 13.2 Å². The van der Waals surface area contributed by atoms with Gasteiger partial charge in [-0.25, -0.2) is 0 Å². The van der Waals surface area contributed by atoms with Gasteiger partial charge in [0.05, 0.1) is 6.61 Å². The molecular formula is C16H17BrClNOS. The fraction of sp³-hybridized carbons (Fsp3) is 0.375. The Labute approximate surface area is 142 Å². The molecule has 2 nitrogen and oxygen atoms in total. The number of fused-ring (bicyclic) bond motifs is 1. The second-order valence-electron chi connectivity index (χ2n) is 5.09. The first-order chi connectivity index (χ1) is 10.2. The minimum absolute atomic E-state index is 0.272. The summed E-state index contributed by atoms with van der Waals surface area (Å²) < 4.78 is 7.58. The van der Waals surface area contributed by atoms with Gasteiger partial charge >= 0.3 is 0 Å². The van der Waals surface area contributed by atoms with E-state index in [4.69, 9.17) is 16.3 Å². The lowest BCUT2D eigenvalue weighted by Crippen LogP contribution is -2.29. The van der Waals surface area contributed by atoms with E-state index < -0.39 is 0 Å². The third-order valence-corrected chi connectivity index (χ3v) is 6.36. The molecule has 0 saturated carbocycles. The molecule has 0 spiro atoms. The molecule has 1 aromatic heterocycles. The van der Waals surface area contributed by atoms with E-state index in [1.807, 2.05) is 6.07 Å². The molecule has 21 heavy (non-hydrogen) atoms. The van der Waals surface area contributed by atoms with Gasteiger partial charge in [0, 0.05) is 21.3 Å². The van der Waals surface area contributed by atoms with Crippen molar-refractivity contribution in [3.63, 3.8) is 0 Å². The Morgan fingerprint density at radius 3 is 3.00 bits per heavy atom. The highest BCUT2D eigenvalue weighted by Gasteiger charge is 2.30. The molecule has 1 aliphatic heterocycles. The summed E-state index contributed by atoms with van der Waals surface area (Å²) in [5, 5.41) is 3.63. The van der Waals surface area contributed by atoms with Crippen LogP contribution < -0.4 is 10.1 Å². The third-order valence-electron chi connectivity index (χ3n) is 3.80. The molecule has 0 amide bonds. The molecule has 2 heterocycles. The molecule has 0 fully saturated rings. The van der Waals surface area contributed by atoms with Crippen LogP contribution in [0.1, 0.15) is 35.7 Å². The maximum Gasteiger partial charge on any atom is 0.122 e. The Bertz CT molecular complexity index is 611. The summed E-state index contributed by atoms with van der Waals surface area (Å²) in [4.78, 5) is 1.27. The lowest BCUT2D eigenvalue weighted by Gasteiger charge is -2.32. The van der Waals surface area contributed by atoms with Crippen molar-refractivity contribution in [1.82, 2.24) is 5.32 Å². The van der Waals surface area contributed by atoms with E-state index in [2.05, 4.69) is 52.4 Å². The number of nitrogens with one attached hydrogen (secondary N) is 1. The highest BCUT2D eigenvalue weighted by atomic mass is 79.9. The Kier molecular flexibility index (Phi) is 4.89. The van der Waals surface area contributed by atoms with Gasteiger partial charge in [-0.1, -0.05) is 36.7 Å². The molecule has 112 valence electrons. The van der Waals surface area contributed by atoms with Crippen LogP contribution in [0.4, 0.5) is 0 Å². The number of benzene rings is 1. The number of likely N-dealkylation sites (N-methyl/N-ethyl adjacent to an activating group) is 1. The summed E-state index contributed by atoms with van der Waals surface area (Å²) in [6, 6.07) is 10.8. The van der Waals surface area contributed by atoms with Crippen LogP contribution in [0.3, 0.4) is 0 Å². The van der Waals surface area contributed by atoms with Crippen LogP contribution in [-0.4, -0.2) is 13.2 Å². The van der Waals surface area contributed by atoms with E-state index in [0.29, 0.717) is 5.92 Å². The van der Waals surface area contributed by atoms with Crippen molar-refractivity contribution in [3.8, 4) is 5.75 Å². The smallest absolute Gasteiger partial charge is 0.122 e. The van der Waals surface area contributed by atoms with E-state index in [1.165, 1.54) is 10.4 Å². The van der Waals surface area contributed by atoms with Crippen LogP contribution >= 0.6 is 38.9 Å². The van der Waals surface area contributed by atoms with E-state index in [0.717, 1.165) is 34.1 Å². The number of rotatable bonds is 4. The predicted molar refractivity (Wildman–Crippen MR) is 92.7 cm³/mol. The zero-order chi connectivity index (χ0) is 14.8. The van der Waals surface area contributed by atoms with Crippen LogP contribution in [0.15, 0.2) is 34.8 Å². The van der Waals surface area contributed by atoms with Crippen molar-refractivity contribution in [2.24, 2.45) is 0 Å². The average Bonchev–Trinajstić information content (AvgIpc) is 2.84. The highest BCUT2D eigenvalue weighted by molar-refractivity contribution is 9.10. The van der Waals surface area contributed by atoms with Crippen LogP contribution in [0.2, 0.25) is 4.34 Å². The van der Waals surface area contributed by atoms with Gasteiger partial charge in [-0.2, -0.15) is 0 Å². The lowest BCUT2D eigenvalue weighted by molar-refractivity contribution is 0.247. The normalized spacial score (nSPS) is 18.9. The molecule has 2 atom stereocenters. The minimum Gasteiger partial charge on any atom is -0.493 e. The summed E-state index contributed by atoms with van der Waals surface area (Å²) in [5.41, 5.74) is 1.29. The van der Waals surface area contributed by atoms with E-state index in [1.54, 1.807) is 11.3 Å². The first kappa shape index (κ1) is 15.3. The average molecular weight is 387 g/mol. The molecule has 0 radical (unpaired) electrons. The maximum absolute atomic E-state index is 6.23. The second-order valence-corrected chi connectivity index (χ2v) is 7.63. The molecule has 0 bridgehead atoms. The summed E-state index contributed by atoms with van der Waals surface area (Å²) in [6.07, 6.45) is 1.02. The van der Waals surface area contributed by atoms with Crippen LogP contribution in [0.5, 0.6) is 5.75 Å². The standard InChI is InChI=1S/C16H17BrClNOS/c1-2-19-15(14-9-12(17)16(18)21-14)11-7-8-20-13-6-4-3-5-10(11)13/h3-6,9,11,15,19H,2,7-8H2,1H3. The van der Waals surface area contributed by atoms with Gasteiger partial charge < -0.3 is 10.1 Å². The molecule has 1 aromatic carbocycles. The van der Waals surface area contributed by atoms with Crippen molar-refractivity contribution >= 4 is 38.9 Å². The quantitative estimate of drug-likeness (QED) is 0.761. The highest BCUT2D eigenvalue weighted by Crippen LogP contribution is 2.45. The van der Waals surface area contributed by atoms with Crippen LogP contribution in [0.25, 0.3) is 0 Å². The van der Waals surface area contributed by atoms with E-state index in [9.17, 15) is 0 Å². The van der Waals surface area contributed by atoms with Gasteiger partial charge in [-0.05, 0) is 46.6 Å². The van der Waals surface area contributed by atoms with E-state index in [-0.39, 0.29) is 6.04 Å². The van der Waals surface area contributed by atoms with Gasteiger partial charge in [0.15, 0.2) is 0 Å². The Hall–Kier alpha value is -0.550. The molecule has 2 aromatic rings. The van der Waals surface area contributed by atoms with Crippen molar-refractivity contribution in [3.05, 3.63) is 49.6 Å². The van der Waals surface area contributed by atoms with Gasteiger partial charge in [-0.15, -0.1) is 11.3 Å². The zero-order valence-corrected chi connectivity index (χ0v) is 14.9. The van der Waals surface area contributed by atoms with Gasteiger partial charge in [0.2, 0.25) is 0 Å². The summed E-state index contributed by atoms with van der Waals surface area (Å²) in [6.45, 7) is 3.84. The molecule has 2 unspecified atom stereocenters. The van der Waals surface area contributed by atoms with E-state index >= 15 is 0 Å². The Balaban J connectivity index is 1.98. The number of para-hydroxylation sites is 1. The van der Waals surface area contributed by atoms with Crippen LogP contribution in [-0.2, 0) is 0 Å². The predicted octanol–water partition coefficient (Wildman–Crippen LogP) is 5.38. The van der Waals surface area contributed by atoms with Crippen molar-refractivity contribution in [2.45, 2.75) is 25.3 Å². The maximum atomic E-state index is 6.23. The minimum atomic E-state index is 0.272. The summed E-state index contributed by atoms with van der Waals surface area (Å²) >= 11 is 11.4. The van der Waals surface area contributed by atoms with Gasteiger partial charge in [0.25, 0.3) is 0 Å². The topological polar surface area (TPSA) is 21.3 Å². The first-order valence-corrected chi connectivity index (χ1v) is 9.09. The molecule has 1 N–H and O–H groups in total. The monoisotopic (exact) mass is 385 g/mol. The molecule has 3 rings (SSSR count). The number of halogens is 2. The molecule has 0 saturated heterocycles. The molecular weight excluding hydrogens is 370 g/mol. The van der Waals surface area contributed by atoms with Gasteiger partial charge in [-0.3, -0.25) is 0 Å². The van der Waals surface area contributed by atoms with Crippen LogP contribution in [0, 0.1) is 0 Å². The largest absolute Gasteiger partial charge is 0.493 e. The van der Waals surface area contributed by atoms with Crippen molar-refractivity contribution < 1.29 is 4.74 Å². The first-order valence-electron chi connectivity index (χ1n) is 7.10. The Morgan fingerprint density at radius 2 is 2.29 bits per heavy atom. The SMILES string of the molecule is CCNC(c1cc(Br)c(Cl)s1)C1CCOc2ccccc21. The fourth-order valence-corrected chi connectivity index (χ4v) is 4.77. The summed E-state index contributed by atoms with van der Waals surface area (Å²) in [5.74, 6) is 1.43. The number of thiophene rings is 1. The molecule has 5 heteroatoms. The summed E-state index contributed by atoms with van der Waals surface area (Å²) in [7, 11) is 0. The lowest BCUT2D eigenvalue weighted by atomic mass is 9.86. The third kappa shape index (κ3) is 3.14.